The van der Waals surface area contributed by atoms with Gasteiger partial charge in [0.2, 0.25) is 5.91 Å². The van der Waals surface area contributed by atoms with Crippen molar-refractivity contribution in [2.24, 2.45) is 0 Å². The zero-order valence-corrected chi connectivity index (χ0v) is 9.52. The van der Waals surface area contributed by atoms with Crippen molar-refractivity contribution < 1.29 is 9.53 Å². The molecule has 3 heteroatoms. The number of rotatable bonds is 0. The van der Waals surface area contributed by atoms with Crippen LogP contribution in [0.1, 0.15) is 41.5 Å². The minimum Gasteiger partial charge on any atom is -0.370 e. The molecule has 13 heavy (non-hydrogen) atoms. The predicted octanol–water partition coefficient (Wildman–Crippen LogP) is 1.72. The Labute approximate surface area is 80.8 Å². The molecule has 1 saturated heterocycles. The van der Waals surface area contributed by atoms with E-state index in [9.17, 15) is 4.79 Å². The van der Waals surface area contributed by atoms with Crippen molar-refractivity contribution in [3.63, 3.8) is 0 Å². The molecule has 1 aliphatic heterocycles. The molecule has 0 saturated carbocycles. The second-order valence-corrected chi connectivity index (χ2v) is 5.10. The fourth-order valence-corrected chi connectivity index (χ4v) is 0.955. The summed E-state index contributed by atoms with van der Waals surface area (Å²) < 4.78 is 5.62. The van der Waals surface area contributed by atoms with Gasteiger partial charge in [-0.25, -0.2) is 0 Å². The molecule has 0 unspecified atom stereocenters. The van der Waals surface area contributed by atoms with E-state index in [0.717, 1.165) is 0 Å². The summed E-state index contributed by atoms with van der Waals surface area (Å²) in [6.45, 7) is 13.0. The van der Waals surface area contributed by atoms with Crippen LogP contribution in [0.3, 0.4) is 0 Å². The number of hydrogen-bond donors (Lipinski definition) is 1. The van der Waals surface area contributed by atoms with E-state index in [1.165, 1.54) is 0 Å². The molecule has 1 amide bonds. The van der Waals surface area contributed by atoms with Crippen molar-refractivity contribution in [2.75, 3.05) is 6.54 Å². The molecule has 1 aliphatic rings. The quantitative estimate of drug-likeness (QED) is 0.587. The van der Waals surface area contributed by atoms with Gasteiger partial charge in [0.15, 0.2) is 0 Å². The van der Waals surface area contributed by atoms with Crippen molar-refractivity contribution >= 4 is 5.91 Å². The summed E-state index contributed by atoms with van der Waals surface area (Å²) in [4.78, 5) is 9.44. The van der Waals surface area contributed by atoms with E-state index in [-0.39, 0.29) is 17.1 Å². The second-order valence-electron chi connectivity index (χ2n) is 5.10. The second kappa shape index (κ2) is 4.09. The molecule has 0 radical (unpaired) electrons. The Morgan fingerprint density at radius 3 is 1.31 bits per heavy atom. The van der Waals surface area contributed by atoms with Gasteiger partial charge in [0, 0.05) is 0 Å². The standard InChI is InChI=1S/C8H18O.C2H3NO/c1-7(2,3)9-8(4,5)6;4-2-1-3-2/h1-6H3;1H2,(H,3,4). The third kappa shape index (κ3) is 14.3. The van der Waals surface area contributed by atoms with Crippen LogP contribution in [0.15, 0.2) is 0 Å². The molecule has 0 bridgehead atoms. The number of amides is 1. The average Bonchev–Trinajstić information content (AvgIpc) is 2.39. The lowest BCUT2D eigenvalue weighted by Crippen LogP contribution is -2.31. The zero-order valence-electron chi connectivity index (χ0n) is 9.52. The molecule has 1 N–H and O–H groups in total. The highest BCUT2D eigenvalue weighted by molar-refractivity contribution is 5.91. The molecule has 1 heterocycles. The lowest BCUT2D eigenvalue weighted by molar-refractivity contribution is -0.110. The largest absolute Gasteiger partial charge is 0.370 e. The third-order valence-electron chi connectivity index (χ3n) is 0.933. The number of nitrogens with one attached hydrogen (secondary N) is 1. The molecule has 0 spiro atoms. The monoisotopic (exact) mass is 187 g/mol. The molecule has 1 rings (SSSR count). The van der Waals surface area contributed by atoms with Crippen molar-refractivity contribution in [1.82, 2.24) is 5.32 Å². The summed E-state index contributed by atoms with van der Waals surface area (Å²) in [6, 6.07) is 0. The average molecular weight is 187 g/mol. The SMILES string of the molecule is CC(C)(C)OC(C)(C)C.O=C1CN1. The van der Waals surface area contributed by atoms with Crippen LogP contribution in [0.5, 0.6) is 0 Å². The number of ether oxygens (including phenoxy) is 1. The van der Waals surface area contributed by atoms with Crippen LogP contribution in [0.2, 0.25) is 0 Å². The van der Waals surface area contributed by atoms with Crippen LogP contribution >= 0.6 is 0 Å². The van der Waals surface area contributed by atoms with Crippen molar-refractivity contribution in [1.29, 1.82) is 0 Å². The Morgan fingerprint density at radius 1 is 1.08 bits per heavy atom. The van der Waals surface area contributed by atoms with E-state index in [0.29, 0.717) is 6.54 Å². The van der Waals surface area contributed by atoms with Crippen molar-refractivity contribution in [2.45, 2.75) is 52.7 Å². The van der Waals surface area contributed by atoms with Gasteiger partial charge in [-0.3, -0.25) is 4.79 Å². The molecule has 0 aliphatic carbocycles. The maximum absolute atomic E-state index is 9.44. The van der Waals surface area contributed by atoms with E-state index >= 15 is 0 Å². The van der Waals surface area contributed by atoms with Crippen LogP contribution in [0.25, 0.3) is 0 Å². The van der Waals surface area contributed by atoms with E-state index in [2.05, 4.69) is 46.9 Å². The molecular formula is C10H21NO2. The fourth-order valence-electron chi connectivity index (χ4n) is 0.955. The Balaban J connectivity index is 0.000000293. The van der Waals surface area contributed by atoms with Gasteiger partial charge in [0.1, 0.15) is 0 Å². The fraction of sp³-hybridized carbons (Fsp3) is 0.900. The summed E-state index contributed by atoms with van der Waals surface area (Å²) in [5.74, 6) is 0.167. The summed E-state index contributed by atoms with van der Waals surface area (Å²) in [6.07, 6.45) is 0. The van der Waals surface area contributed by atoms with Gasteiger partial charge in [-0.1, -0.05) is 0 Å². The van der Waals surface area contributed by atoms with Gasteiger partial charge in [0.25, 0.3) is 0 Å². The number of carbonyl (C=O) groups excluding carboxylic acids is 1. The van der Waals surface area contributed by atoms with Crippen LogP contribution in [-0.4, -0.2) is 23.7 Å². The Kier molecular flexibility index (Phi) is 3.91. The van der Waals surface area contributed by atoms with Gasteiger partial charge < -0.3 is 10.1 Å². The van der Waals surface area contributed by atoms with E-state index in [1.54, 1.807) is 0 Å². The van der Waals surface area contributed by atoms with Crippen LogP contribution in [0, 0.1) is 0 Å². The molecule has 78 valence electrons. The first kappa shape index (κ1) is 12.4. The summed E-state index contributed by atoms with van der Waals surface area (Å²) in [5.41, 5.74) is -0.0312. The summed E-state index contributed by atoms with van der Waals surface area (Å²) in [5, 5.41) is 2.46. The highest BCUT2D eigenvalue weighted by atomic mass is 16.5. The molecular weight excluding hydrogens is 166 g/mol. The summed E-state index contributed by atoms with van der Waals surface area (Å²) >= 11 is 0. The predicted molar refractivity (Wildman–Crippen MR) is 53.6 cm³/mol. The minimum atomic E-state index is -0.0156. The molecule has 0 aromatic heterocycles. The Bertz CT molecular complexity index is 156. The maximum atomic E-state index is 9.44. The minimum absolute atomic E-state index is 0.0156. The Morgan fingerprint density at radius 2 is 1.31 bits per heavy atom. The van der Waals surface area contributed by atoms with Gasteiger partial charge >= 0.3 is 0 Å². The molecule has 0 atom stereocenters. The molecule has 0 aromatic rings. The third-order valence-corrected chi connectivity index (χ3v) is 0.933. The van der Waals surface area contributed by atoms with Gasteiger partial charge in [-0.15, -0.1) is 0 Å². The summed E-state index contributed by atoms with van der Waals surface area (Å²) in [7, 11) is 0. The normalized spacial score (nSPS) is 15.7. The smallest absolute Gasteiger partial charge is 0.239 e. The highest BCUT2D eigenvalue weighted by Gasteiger charge is 2.19. The van der Waals surface area contributed by atoms with Gasteiger partial charge in [-0.2, -0.15) is 0 Å². The van der Waals surface area contributed by atoms with E-state index in [1.807, 2.05) is 0 Å². The first-order valence-electron chi connectivity index (χ1n) is 4.57. The topological polar surface area (TPSA) is 48.2 Å². The zero-order chi connectivity index (χ0) is 10.7. The highest BCUT2D eigenvalue weighted by Crippen LogP contribution is 2.17. The van der Waals surface area contributed by atoms with Gasteiger partial charge in [-0.05, 0) is 41.5 Å². The molecule has 0 aromatic carbocycles. The Hall–Kier alpha value is -0.570. The van der Waals surface area contributed by atoms with E-state index in [4.69, 9.17) is 4.74 Å². The number of hydrogen-bond acceptors (Lipinski definition) is 2. The van der Waals surface area contributed by atoms with Crippen molar-refractivity contribution in [3.05, 3.63) is 0 Å². The van der Waals surface area contributed by atoms with Gasteiger partial charge in [0.05, 0.1) is 17.7 Å². The van der Waals surface area contributed by atoms with E-state index < -0.39 is 0 Å². The first-order valence-corrected chi connectivity index (χ1v) is 4.57. The maximum Gasteiger partial charge on any atom is 0.239 e. The van der Waals surface area contributed by atoms with Crippen LogP contribution in [-0.2, 0) is 9.53 Å². The van der Waals surface area contributed by atoms with Crippen LogP contribution in [0.4, 0.5) is 0 Å². The molecule has 3 nitrogen and oxygen atoms in total. The first-order chi connectivity index (χ1) is 5.60. The molecule has 1 fully saturated rings. The van der Waals surface area contributed by atoms with Crippen molar-refractivity contribution in [3.8, 4) is 0 Å². The van der Waals surface area contributed by atoms with Crippen LogP contribution < -0.4 is 5.32 Å². The number of carbonyl (C=O) groups is 1. The lowest BCUT2D eigenvalue weighted by Gasteiger charge is -2.30. The lowest BCUT2D eigenvalue weighted by atomic mass is 10.1.